The summed E-state index contributed by atoms with van der Waals surface area (Å²) in [5, 5.41) is 11.4. The number of anilines is 1. The van der Waals surface area contributed by atoms with Gasteiger partial charge < -0.3 is 14.4 Å². The van der Waals surface area contributed by atoms with Gasteiger partial charge in [0.05, 0.1) is 17.2 Å². The second kappa shape index (κ2) is 10.8. The zero-order valence-electron chi connectivity index (χ0n) is 18.1. The summed E-state index contributed by atoms with van der Waals surface area (Å²) in [6.07, 6.45) is 0.0878. The van der Waals surface area contributed by atoms with E-state index in [1.165, 1.54) is 18.2 Å². The Balaban J connectivity index is 3.31. The molecule has 0 bridgehead atoms. The summed E-state index contributed by atoms with van der Waals surface area (Å²) in [4.78, 5) is 38.9. The molecule has 1 aromatic rings. The van der Waals surface area contributed by atoms with Crippen LogP contribution in [0.3, 0.4) is 0 Å². The van der Waals surface area contributed by atoms with Gasteiger partial charge in [0.1, 0.15) is 5.60 Å². The van der Waals surface area contributed by atoms with Gasteiger partial charge in [-0.2, -0.15) is 4.90 Å². The molecule has 0 fully saturated rings. The maximum Gasteiger partial charge on any atom is 0.424 e. The van der Waals surface area contributed by atoms with Crippen LogP contribution in [-0.2, 0) is 15.9 Å². The summed E-state index contributed by atoms with van der Waals surface area (Å²) in [5.41, 5.74) is -0.316. The molecule has 0 aliphatic rings. The van der Waals surface area contributed by atoms with Gasteiger partial charge in [-0.1, -0.05) is 13.3 Å². The van der Waals surface area contributed by atoms with Gasteiger partial charge in [-0.25, -0.2) is 9.59 Å². The summed E-state index contributed by atoms with van der Waals surface area (Å²) in [5.74, 6) is 0. The van der Waals surface area contributed by atoms with E-state index in [9.17, 15) is 19.7 Å². The van der Waals surface area contributed by atoms with Crippen molar-refractivity contribution in [2.24, 2.45) is 0 Å². The predicted molar refractivity (Wildman–Crippen MR) is 110 cm³/mol. The monoisotopic (exact) mass is 409 g/mol. The molecule has 0 aliphatic heterocycles. The van der Waals surface area contributed by atoms with E-state index in [4.69, 9.17) is 9.47 Å². The van der Waals surface area contributed by atoms with Gasteiger partial charge in [0.25, 0.3) is 5.69 Å². The molecule has 1 rings (SSSR count). The third kappa shape index (κ3) is 8.06. The minimum atomic E-state index is -0.897. The molecule has 29 heavy (non-hydrogen) atoms. The number of hydrogen-bond acceptors (Lipinski definition) is 7. The zero-order chi connectivity index (χ0) is 22.2. The van der Waals surface area contributed by atoms with E-state index in [0.29, 0.717) is 24.9 Å². The number of carbonyl (C=O) groups excluding carboxylic acids is 2. The standard InChI is InChI=1S/C20H31N3O6/c1-7-8-13-28-18(24)22(19(25)29-20(2,3)4)16-9-10-17(23(26)27)15(14-16)11-12-21(5)6/h9-10,14H,7-8,11-13H2,1-6H3. The van der Waals surface area contributed by atoms with Crippen LogP contribution in [-0.4, -0.2) is 54.9 Å². The molecule has 0 radical (unpaired) electrons. The first-order chi connectivity index (χ1) is 13.5. The number of benzene rings is 1. The predicted octanol–water partition coefficient (Wildman–Crippen LogP) is 4.38. The molecular formula is C20H31N3O6. The third-order valence-corrected chi connectivity index (χ3v) is 3.83. The van der Waals surface area contributed by atoms with Gasteiger partial charge in [-0.05, 0) is 59.8 Å². The van der Waals surface area contributed by atoms with Crippen molar-refractivity contribution >= 4 is 23.6 Å². The maximum absolute atomic E-state index is 12.7. The van der Waals surface area contributed by atoms with E-state index in [1.54, 1.807) is 20.8 Å². The number of carbonyl (C=O) groups is 2. The van der Waals surface area contributed by atoms with E-state index in [2.05, 4.69) is 0 Å². The van der Waals surface area contributed by atoms with E-state index in [1.807, 2.05) is 25.9 Å². The first-order valence-electron chi connectivity index (χ1n) is 9.58. The lowest BCUT2D eigenvalue weighted by Gasteiger charge is -2.26. The fraction of sp³-hybridized carbons (Fsp3) is 0.600. The Morgan fingerprint density at radius 1 is 1.17 bits per heavy atom. The number of ether oxygens (including phenoxy) is 2. The molecule has 0 saturated carbocycles. The fourth-order valence-corrected chi connectivity index (χ4v) is 2.39. The zero-order valence-corrected chi connectivity index (χ0v) is 18.1. The molecule has 9 heteroatoms. The fourth-order valence-electron chi connectivity index (χ4n) is 2.39. The number of rotatable bonds is 8. The number of nitro benzene ring substituents is 1. The van der Waals surface area contributed by atoms with E-state index >= 15 is 0 Å². The van der Waals surface area contributed by atoms with Gasteiger partial charge in [-0.3, -0.25) is 10.1 Å². The molecule has 0 N–H and O–H groups in total. The number of likely N-dealkylation sites (N-methyl/N-ethyl adjacent to an activating group) is 1. The second-order valence-corrected chi connectivity index (χ2v) is 7.91. The molecular weight excluding hydrogens is 378 g/mol. The first kappa shape index (κ1) is 24.4. The highest BCUT2D eigenvalue weighted by atomic mass is 16.6. The Morgan fingerprint density at radius 2 is 1.83 bits per heavy atom. The Morgan fingerprint density at radius 3 is 2.34 bits per heavy atom. The Labute approximate surface area is 171 Å². The molecule has 0 spiro atoms. The van der Waals surface area contributed by atoms with Crippen LogP contribution >= 0.6 is 0 Å². The first-order valence-corrected chi connectivity index (χ1v) is 9.58. The lowest BCUT2D eigenvalue weighted by molar-refractivity contribution is -0.385. The second-order valence-electron chi connectivity index (χ2n) is 7.91. The van der Waals surface area contributed by atoms with Crippen molar-refractivity contribution in [2.75, 3.05) is 32.1 Å². The van der Waals surface area contributed by atoms with Crippen LogP contribution in [0.5, 0.6) is 0 Å². The van der Waals surface area contributed by atoms with Gasteiger partial charge in [0.2, 0.25) is 0 Å². The smallest absolute Gasteiger partial charge is 0.424 e. The van der Waals surface area contributed by atoms with Crippen LogP contribution in [0.25, 0.3) is 0 Å². The lowest BCUT2D eigenvalue weighted by Crippen LogP contribution is -2.41. The number of hydrogen-bond donors (Lipinski definition) is 0. The molecule has 0 aliphatic carbocycles. The van der Waals surface area contributed by atoms with Crippen LogP contribution in [0, 0.1) is 10.1 Å². The topological polar surface area (TPSA) is 102 Å². The van der Waals surface area contributed by atoms with Crippen molar-refractivity contribution in [1.82, 2.24) is 4.90 Å². The van der Waals surface area contributed by atoms with Gasteiger partial charge in [0, 0.05) is 18.2 Å². The lowest BCUT2D eigenvalue weighted by atomic mass is 10.1. The van der Waals surface area contributed by atoms with E-state index in [-0.39, 0.29) is 18.0 Å². The largest absolute Gasteiger partial charge is 0.449 e. The number of amides is 2. The summed E-state index contributed by atoms with van der Waals surface area (Å²) in [6.45, 7) is 7.73. The molecule has 9 nitrogen and oxygen atoms in total. The number of imide groups is 1. The highest BCUT2D eigenvalue weighted by molar-refractivity contribution is 6.09. The van der Waals surface area contributed by atoms with Crippen molar-refractivity contribution in [3.05, 3.63) is 33.9 Å². The van der Waals surface area contributed by atoms with Gasteiger partial charge in [-0.15, -0.1) is 0 Å². The summed E-state index contributed by atoms with van der Waals surface area (Å²) in [7, 11) is 3.71. The quantitative estimate of drug-likeness (QED) is 0.357. The number of nitrogens with zero attached hydrogens (tertiary/aromatic N) is 3. The van der Waals surface area contributed by atoms with Crippen LogP contribution in [0.2, 0.25) is 0 Å². The summed E-state index contributed by atoms with van der Waals surface area (Å²) >= 11 is 0. The molecule has 0 aromatic heterocycles. The minimum Gasteiger partial charge on any atom is -0.449 e. The van der Waals surface area contributed by atoms with Gasteiger partial charge in [0.15, 0.2) is 0 Å². The molecule has 2 amide bonds. The molecule has 162 valence electrons. The summed E-state index contributed by atoms with van der Waals surface area (Å²) in [6, 6.07) is 4.10. The highest BCUT2D eigenvalue weighted by Crippen LogP contribution is 2.27. The molecule has 1 aromatic carbocycles. The van der Waals surface area contributed by atoms with Crippen LogP contribution in [0.1, 0.15) is 46.1 Å². The molecule has 0 heterocycles. The normalized spacial score (nSPS) is 11.3. The Hall–Kier alpha value is -2.68. The molecule has 0 unspecified atom stereocenters. The van der Waals surface area contributed by atoms with E-state index < -0.39 is 22.7 Å². The van der Waals surface area contributed by atoms with Crippen LogP contribution in [0.15, 0.2) is 18.2 Å². The Kier molecular flexibility index (Phi) is 9.03. The van der Waals surface area contributed by atoms with Crippen molar-refractivity contribution in [1.29, 1.82) is 0 Å². The van der Waals surface area contributed by atoms with Crippen LogP contribution < -0.4 is 4.90 Å². The van der Waals surface area contributed by atoms with Crippen molar-refractivity contribution in [2.45, 2.75) is 52.6 Å². The highest BCUT2D eigenvalue weighted by Gasteiger charge is 2.31. The number of nitro groups is 1. The van der Waals surface area contributed by atoms with Crippen molar-refractivity contribution in [3.63, 3.8) is 0 Å². The summed E-state index contributed by atoms with van der Waals surface area (Å²) < 4.78 is 10.5. The van der Waals surface area contributed by atoms with Crippen molar-refractivity contribution in [3.8, 4) is 0 Å². The van der Waals surface area contributed by atoms with Crippen LogP contribution in [0.4, 0.5) is 21.0 Å². The maximum atomic E-state index is 12.7. The van der Waals surface area contributed by atoms with Gasteiger partial charge >= 0.3 is 12.2 Å². The Bertz CT molecular complexity index is 727. The van der Waals surface area contributed by atoms with Crippen molar-refractivity contribution < 1.29 is 24.0 Å². The van der Waals surface area contributed by atoms with E-state index in [0.717, 1.165) is 11.3 Å². The minimum absolute atomic E-state index is 0.0703. The average Bonchev–Trinajstić information content (AvgIpc) is 2.58. The SMILES string of the molecule is CCCCOC(=O)N(C(=O)OC(C)(C)C)c1ccc([N+](=O)[O-])c(CCN(C)C)c1. The molecule has 0 saturated heterocycles. The third-order valence-electron chi connectivity index (χ3n) is 3.83. The number of unbranched alkanes of at least 4 members (excludes halogenated alkanes) is 1. The average molecular weight is 409 g/mol. The molecule has 0 atom stereocenters.